The zero-order valence-electron chi connectivity index (χ0n) is 13.9. The fourth-order valence-corrected chi connectivity index (χ4v) is 3.89. The van der Waals surface area contributed by atoms with Gasteiger partial charge in [0.1, 0.15) is 10.8 Å². The van der Waals surface area contributed by atoms with Crippen LogP contribution in [-0.2, 0) is 24.1 Å². The van der Waals surface area contributed by atoms with Crippen molar-refractivity contribution in [3.05, 3.63) is 45.8 Å². The van der Waals surface area contributed by atoms with Gasteiger partial charge in [-0.15, -0.1) is 11.3 Å². The van der Waals surface area contributed by atoms with Gasteiger partial charge < -0.3 is 16.2 Å². The summed E-state index contributed by atoms with van der Waals surface area (Å²) in [4.78, 5) is 25.3. The summed E-state index contributed by atoms with van der Waals surface area (Å²) >= 11 is 1.41. The quantitative estimate of drug-likeness (QED) is 0.718. The molecule has 6 heteroatoms. The van der Waals surface area contributed by atoms with Gasteiger partial charge in [0.05, 0.1) is 12.0 Å². The topological polar surface area (TPSA) is 92.4 Å². The maximum absolute atomic E-state index is 12.3. The van der Waals surface area contributed by atoms with E-state index in [9.17, 15) is 14.7 Å². The molecular weight excluding hydrogens is 324 g/mol. The van der Waals surface area contributed by atoms with E-state index in [4.69, 9.17) is 5.73 Å². The van der Waals surface area contributed by atoms with Crippen molar-refractivity contribution in [3.8, 4) is 5.75 Å². The van der Waals surface area contributed by atoms with E-state index in [0.29, 0.717) is 16.1 Å². The molecule has 4 N–H and O–H groups in total. The Bertz CT molecular complexity index is 753. The Morgan fingerprint density at radius 3 is 2.62 bits per heavy atom. The van der Waals surface area contributed by atoms with Crippen LogP contribution in [0.4, 0.5) is 5.00 Å². The van der Waals surface area contributed by atoms with Crippen molar-refractivity contribution in [1.82, 2.24) is 0 Å². The van der Waals surface area contributed by atoms with E-state index >= 15 is 0 Å². The predicted octanol–water partition coefficient (Wildman–Crippen LogP) is 3.25. The first kappa shape index (κ1) is 18.0. The van der Waals surface area contributed by atoms with Crippen molar-refractivity contribution in [2.45, 2.75) is 39.5 Å². The second-order valence-electron chi connectivity index (χ2n) is 5.57. The van der Waals surface area contributed by atoms with Crippen molar-refractivity contribution in [2.75, 3.05) is 5.32 Å². The predicted molar refractivity (Wildman–Crippen MR) is 96.7 cm³/mol. The minimum atomic E-state index is -0.512. The molecule has 2 amide bonds. The first-order chi connectivity index (χ1) is 11.5. The number of phenolic OH excluding ortho intramolecular Hbond substituents is 1. The van der Waals surface area contributed by atoms with Gasteiger partial charge in [0.15, 0.2) is 0 Å². The number of aromatic hydroxyl groups is 1. The third-order valence-corrected chi connectivity index (χ3v) is 4.98. The maximum atomic E-state index is 12.3. The number of thiophene rings is 1. The van der Waals surface area contributed by atoms with Crippen LogP contribution in [0.2, 0.25) is 0 Å². The lowest BCUT2D eigenvalue weighted by atomic mass is 10.0. The van der Waals surface area contributed by atoms with Gasteiger partial charge in [-0.05, 0) is 36.1 Å². The number of benzene rings is 1. The molecule has 1 aromatic carbocycles. The normalized spacial score (nSPS) is 10.6. The number of hydrogen-bond donors (Lipinski definition) is 3. The van der Waals surface area contributed by atoms with Gasteiger partial charge in [-0.3, -0.25) is 9.59 Å². The average molecular weight is 346 g/mol. The Labute approximate surface area is 145 Å². The third kappa shape index (κ3) is 4.14. The molecule has 0 atom stereocenters. The number of amides is 2. The summed E-state index contributed by atoms with van der Waals surface area (Å²) in [6.45, 7) is 4.07. The summed E-state index contributed by atoms with van der Waals surface area (Å²) in [5.41, 5.74) is 7.63. The van der Waals surface area contributed by atoms with Crippen LogP contribution in [0.3, 0.4) is 0 Å². The van der Waals surface area contributed by atoms with E-state index in [-0.39, 0.29) is 18.1 Å². The smallest absolute Gasteiger partial charge is 0.251 e. The van der Waals surface area contributed by atoms with E-state index in [1.54, 1.807) is 24.3 Å². The van der Waals surface area contributed by atoms with Crippen LogP contribution < -0.4 is 11.1 Å². The van der Waals surface area contributed by atoms with Gasteiger partial charge in [-0.2, -0.15) is 0 Å². The van der Waals surface area contributed by atoms with Crippen molar-refractivity contribution < 1.29 is 14.7 Å². The van der Waals surface area contributed by atoms with Crippen molar-refractivity contribution in [2.24, 2.45) is 5.73 Å². The number of primary amides is 1. The number of nitrogens with one attached hydrogen (secondary N) is 1. The number of phenols is 1. The summed E-state index contributed by atoms with van der Waals surface area (Å²) in [6.07, 6.45) is 2.58. The first-order valence-electron chi connectivity index (χ1n) is 7.98. The lowest BCUT2D eigenvalue weighted by Gasteiger charge is -2.06. The highest BCUT2D eigenvalue weighted by molar-refractivity contribution is 7.17. The zero-order valence-corrected chi connectivity index (χ0v) is 14.7. The highest BCUT2D eigenvalue weighted by atomic mass is 32.1. The maximum Gasteiger partial charge on any atom is 0.251 e. The summed E-state index contributed by atoms with van der Waals surface area (Å²) in [7, 11) is 0. The molecule has 1 heterocycles. The second kappa shape index (κ2) is 7.97. The molecule has 0 aliphatic rings. The Morgan fingerprint density at radius 2 is 2.04 bits per heavy atom. The van der Waals surface area contributed by atoms with Crippen LogP contribution in [0.5, 0.6) is 5.75 Å². The standard InChI is InChI=1S/C18H22N2O3S/c1-3-6-13-14(4-2)24-18(16(13)17(19)23)20-15(22)10-11-7-5-8-12(21)9-11/h5,7-9,21H,3-4,6,10H2,1-2H3,(H2,19,23)(H,20,22). The van der Waals surface area contributed by atoms with E-state index < -0.39 is 5.91 Å². The first-order valence-corrected chi connectivity index (χ1v) is 8.80. The molecule has 0 aliphatic carbocycles. The largest absolute Gasteiger partial charge is 0.508 e. The molecule has 5 nitrogen and oxygen atoms in total. The molecule has 0 saturated carbocycles. The number of aryl methyl sites for hydroxylation is 1. The molecule has 0 spiro atoms. The lowest BCUT2D eigenvalue weighted by Crippen LogP contribution is -2.19. The van der Waals surface area contributed by atoms with Crippen LogP contribution in [0.25, 0.3) is 0 Å². The Balaban J connectivity index is 2.25. The van der Waals surface area contributed by atoms with Gasteiger partial charge in [0.2, 0.25) is 5.91 Å². The second-order valence-corrected chi connectivity index (χ2v) is 6.68. The molecule has 0 fully saturated rings. The van der Waals surface area contributed by atoms with Crippen LogP contribution >= 0.6 is 11.3 Å². The summed E-state index contributed by atoms with van der Waals surface area (Å²) in [5, 5.41) is 12.8. The fourth-order valence-electron chi connectivity index (χ4n) is 2.68. The van der Waals surface area contributed by atoms with Gasteiger partial charge in [0.25, 0.3) is 5.91 Å². The summed E-state index contributed by atoms with van der Waals surface area (Å²) in [5.74, 6) is -0.634. The van der Waals surface area contributed by atoms with Crippen LogP contribution in [0.15, 0.2) is 24.3 Å². The lowest BCUT2D eigenvalue weighted by molar-refractivity contribution is -0.115. The van der Waals surface area contributed by atoms with Gasteiger partial charge in [-0.25, -0.2) is 0 Å². The van der Waals surface area contributed by atoms with E-state index in [1.165, 1.54) is 11.3 Å². The van der Waals surface area contributed by atoms with E-state index in [0.717, 1.165) is 29.7 Å². The molecule has 128 valence electrons. The monoisotopic (exact) mass is 346 g/mol. The molecule has 2 rings (SSSR count). The Kier molecular flexibility index (Phi) is 5.98. The average Bonchev–Trinajstić information content (AvgIpc) is 2.85. The number of hydrogen-bond acceptors (Lipinski definition) is 4. The van der Waals surface area contributed by atoms with Crippen molar-refractivity contribution in [1.29, 1.82) is 0 Å². The number of carbonyl (C=O) groups excluding carboxylic acids is 2. The number of rotatable bonds is 7. The van der Waals surface area contributed by atoms with Crippen LogP contribution in [-0.4, -0.2) is 16.9 Å². The van der Waals surface area contributed by atoms with E-state index in [2.05, 4.69) is 5.32 Å². The van der Waals surface area contributed by atoms with Gasteiger partial charge in [0, 0.05) is 4.88 Å². The minimum absolute atomic E-state index is 0.118. The Hall–Kier alpha value is -2.34. The molecular formula is C18H22N2O3S. The zero-order chi connectivity index (χ0) is 17.7. The number of nitrogens with two attached hydrogens (primary N) is 1. The summed E-state index contributed by atoms with van der Waals surface area (Å²) in [6, 6.07) is 6.55. The molecule has 0 unspecified atom stereocenters. The Morgan fingerprint density at radius 1 is 1.29 bits per heavy atom. The number of carbonyl (C=O) groups is 2. The SMILES string of the molecule is CCCc1c(CC)sc(NC(=O)Cc2cccc(O)c2)c1C(N)=O. The molecule has 24 heavy (non-hydrogen) atoms. The molecule has 0 radical (unpaired) electrons. The number of anilines is 1. The highest BCUT2D eigenvalue weighted by Crippen LogP contribution is 2.34. The molecule has 0 saturated heterocycles. The van der Waals surface area contributed by atoms with Crippen LogP contribution in [0.1, 0.15) is 46.6 Å². The molecule has 1 aromatic heterocycles. The third-order valence-electron chi connectivity index (χ3n) is 3.69. The van der Waals surface area contributed by atoms with Crippen molar-refractivity contribution in [3.63, 3.8) is 0 Å². The summed E-state index contributed by atoms with van der Waals surface area (Å²) < 4.78 is 0. The molecule has 2 aromatic rings. The van der Waals surface area contributed by atoms with Gasteiger partial charge in [-0.1, -0.05) is 32.4 Å². The highest BCUT2D eigenvalue weighted by Gasteiger charge is 2.22. The van der Waals surface area contributed by atoms with Crippen LogP contribution in [0, 0.1) is 0 Å². The van der Waals surface area contributed by atoms with Gasteiger partial charge >= 0.3 is 0 Å². The van der Waals surface area contributed by atoms with E-state index in [1.807, 2.05) is 13.8 Å². The van der Waals surface area contributed by atoms with Crippen molar-refractivity contribution >= 4 is 28.2 Å². The minimum Gasteiger partial charge on any atom is -0.508 e. The molecule has 0 aliphatic heterocycles. The fraction of sp³-hybridized carbons (Fsp3) is 0.333. The molecule has 0 bridgehead atoms.